The Morgan fingerprint density at radius 3 is 2.65 bits per heavy atom. The van der Waals surface area contributed by atoms with Crippen molar-refractivity contribution in [2.75, 3.05) is 47.9 Å². The summed E-state index contributed by atoms with van der Waals surface area (Å²) >= 11 is 0. The molecule has 0 aromatic heterocycles. The van der Waals surface area contributed by atoms with Gasteiger partial charge in [0, 0.05) is 12.6 Å². The van der Waals surface area contributed by atoms with Crippen LogP contribution in [-0.2, 0) is 9.53 Å². The van der Waals surface area contributed by atoms with Crippen LogP contribution < -0.4 is 5.32 Å². The van der Waals surface area contributed by atoms with Crippen molar-refractivity contribution in [1.82, 2.24) is 15.1 Å². The maximum atomic E-state index is 11.7. The van der Waals surface area contributed by atoms with Gasteiger partial charge in [0.2, 0.25) is 0 Å². The third-order valence-electron chi connectivity index (χ3n) is 4.57. The molecule has 0 amide bonds. The zero-order chi connectivity index (χ0) is 15.2. The van der Waals surface area contributed by atoms with E-state index in [1.165, 1.54) is 26.6 Å². The molecule has 0 radical (unpaired) electrons. The Morgan fingerprint density at radius 1 is 1.45 bits per heavy atom. The van der Waals surface area contributed by atoms with E-state index in [9.17, 15) is 4.79 Å². The van der Waals surface area contributed by atoms with Crippen LogP contribution in [0.25, 0.3) is 0 Å². The molecule has 5 nitrogen and oxygen atoms in total. The molecule has 2 atom stereocenters. The number of carbonyl (C=O) groups excluding carboxylic acids is 1. The van der Waals surface area contributed by atoms with Gasteiger partial charge in [0.25, 0.3) is 0 Å². The Balaban J connectivity index is 2.23. The lowest BCUT2D eigenvalue weighted by Gasteiger charge is -2.26. The number of carbonyl (C=O) groups is 1. The average Bonchev–Trinajstić information content (AvgIpc) is 2.91. The number of likely N-dealkylation sites (N-methyl/N-ethyl adjacent to an activating group) is 2. The van der Waals surface area contributed by atoms with Crippen LogP contribution in [-0.4, -0.2) is 75.2 Å². The molecule has 1 N–H and O–H groups in total. The summed E-state index contributed by atoms with van der Waals surface area (Å²) in [4.78, 5) is 16.6. The van der Waals surface area contributed by atoms with Crippen LogP contribution in [0.5, 0.6) is 0 Å². The van der Waals surface area contributed by atoms with Gasteiger partial charge >= 0.3 is 5.97 Å². The SMILES string of the molecule is CNC(C)(CCCCN1CCC(N(C)C)C1)C(=O)OC. The molecular weight excluding hydrogens is 254 g/mol. The second-order valence-electron chi connectivity index (χ2n) is 6.24. The van der Waals surface area contributed by atoms with Crippen LogP contribution in [0, 0.1) is 0 Å². The maximum Gasteiger partial charge on any atom is 0.325 e. The summed E-state index contributed by atoms with van der Waals surface area (Å²) in [6, 6.07) is 0.702. The van der Waals surface area contributed by atoms with E-state index in [1.807, 2.05) is 14.0 Å². The van der Waals surface area contributed by atoms with Crippen molar-refractivity contribution in [2.24, 2.45) is 0 Å². The minimum atomic E-state index is -0.550. The third kappa shape index (κ3) is 4.72. The molecule has 1 heterocycles. The number of methoxy groups -OCH3 is 1. The zero-order valence-corrected chi connectivity index (χ0v) is 13.7. The Hall–Kier alpha value is -0.650. The van der Waals surface area contributed by atoms with Gasteiger partial charge in [-0.1, -0.05) is 0 Å². The molecule has 1 rings (SSSR count). The van der Waals surface area contributed by atoms with Crippen molar-refractivity contribution in [3.8, 4) is 0 Å². The van der Waals surface area contributed by atoms with Gasteiger partial charge in [0.1, 0.15) is 5.54 Å². The van der Waals surface area contributed by atoms with Gasteiger partial charge in [-0.3, -0.25) is 4.79 Å². The summed E-state index contributed by atoms with van der Waals surface area (Å²) in [5.41, 5.74) is -0.550. The number of nitrogens with one attached hydrogen (secondary N) is 1. The molecular formula is C15H31N3O2. The molecule has 0 saturated carbocycles. The normalized spacial score (nSPS) is 23.0. The predicted octanol–water partition coefficient (Wildman–Crippen LogP) is 0.944. The summed E-state index contributed by atoms with van der Waals surface area (Å²) in [6.45, 7) is 5.42. The van der Waals surface area contributed by atoms with E-state index in [0.29, 0.717) is 6.04 Å². The Morgan fingerprint density at radius 2 is 2.15 bits per heavy atom. The highest BCUT2D eigenvalue weighted by Crippen LogP contribution is 2.17. The van der Waals surface area contributed by atoms with Crippen LogP contribution in [0.2, 0.25) is 0 Å². The number of rotatable bonds is 8. The van der Waals surface area contributed by atoms with Crippen molar-refractivity contribution < 1.29 is 9.53 Å². The van der Waals surface area contributed by atoms with Crippen LogP contribution in [0.4, 0.5) is 0 Å². The summed E-state index contributed by atoms with van der Waals surface area (Å²) < 4.78 is 4.86. The number of ether oxygens (including phenoxy) is 1. The Labute approximate surface area is 123 Å². The van der Waals surface area contributed by atoms with Crippen LogP contribution in [0.15, 0.2) is 0 Å². The highest BCUT2D eigenvalue weighted by Gasteiger charge is 2.31. The molecule has 1 aliphatic rings. The number of esters is 1. The van der Waals surface area contributed by atoms with Gasteiger partial charge in [-0.25, -0.2) is 0 Å². The summed E-state index contributed by atoms with van der Waals surface area (Å²) in [5.74, 6) is -0.172. The quantitative estimate of drug-likeness (QED) is 0.531. The van der Waals surface area contributed by atoms with Crippen molar-refractivity contribution >= 4 is 5.97 Å². The molecule has 5 heteroatoms. The standard InChI is InChI=1S/C15H31N3O2/c1-15(16-2,14(19)20-5)9-6-7-10-18-11-8-13(12-18)17(3)4/h13,16H,6-12H2,1-5H3. The summed E-state index contributed by atoms with van der Waals surface area (Å²) in [6.07, 6.45) is 4.26. The lowest BCUT2D eigenvalue weighted by Crippen LogP contribution is -2.48. The summed E-state index contributed by atoms with van der Waals surface area (Å²) in [5, 5.41) is 3.08. The van der Waals surface area contributed by atoms with Crippen molar-refractivity contribution in [3.05, 3.63) is 0 Å². The van der Waals surface area contributed by atoms with Gasteiger partial charge in [-0.2, -0.15) is 0 Å². The molecule has 1 aliphatic heterocycles. The van der Waals surface area contributed by atoms with Gasteiger partial charge in [-0.15, -0.1) is 0 Å². The van der Waals surface area contributed by atoms with Gasteiger partial charge in [-0.05, 0) is 66.8 Å². The first-order chi connectivity index (χ1) is 9.42. The highest BCUT2D eigenvalue weighted by molar-refractivity contribution is 5.80. The fourth-order valence-corrected chi connectivity index (χ4v) is 2.81. The molecule has 0 aromatic rings. The van der Waals surface area contributed by atoms with E-state index < -0.39 is 5.54 Å². The molecule has 0 aliphatic carbocycles. The number of likely N-dealkylation sites (tertiary alicyclic amines) is 1. The molecule has 2 unspecified atom stereocenters. The minimum absolute atomic E-state index is 0.172. The molecule has 20 heavy (non-hydrogen) atoms. The van der Waals surface area contributed by atoms with Crippen molar-refractivity contribution in [1.29, 1.82) is 0 Å². The smallest absolute Gasteiger partial charge is 0.325 e. The lowest BCUT2D eigenvalue weighted by molar-refractivity contribution is -0.148. The van der Waals surface area contributed by atoms with Crippen LogP contribution >= 0.6 is 0 Å². The van der Waals surface area contributed by atoms with Gasteiger partial charge < -0.3 is 19.9 Å². The largest absolute Gasteiger partial charge is 0.468 e. The highest BCUT2D eigenvalue weighted by atomic mass is 16.5. The maximum absolute atomic E-state index is 11.7. The second-order valence-corrected chi connectivity index (χ2v) is 6.24. The molecule has 118 valence electrons. The number of nitrogens with zero attached hydrogens (tertiary/aromatic N) is 2. The predicted molar refractivity (Wildman–Crippen MR) is 81.9 cm³/mol. The van der Waals surface area contributed by atoms with Crippen molar-refractivity contribution in [3.63, 3.8) is 0 Å². The Kier molecular flexibility index (Phi) is 6.92. The van der Waals surface area contributed by atoms with E-state index in [-0.39, 0.29) is 5.97 Å². The van der Waals surface area contributed by atoms with E-state index in [0.717, 1.165) is 25.8 Å². The van der Waals surface area contributed by atoms with E-state index >= 15 is 0 Å². The molecule has 0 aromatic carbocycles. The fraction of sp³-hybridized carbons (Fsp3) is 0.933. The van der Waals surface area contributed by atoms with Crippen LogP contribution in [0.3, 0.4) is 0 Å². The van der Waals surface area contributed by atoms with E-state index in [4.69, 9.17) is 4.74 Å². The average molecular weight is 285 g/mol. The Bertz CT molecular complexity index is 309. The minimum Gasteiger partial charge on any atom is -0.468 e. The summed E-state index contributed by atoms with van der Waals surface area (Å²) in [7, 11) is 7.58. The van der Waals surface area contributed by atoms with E-state index in [2.05, 4.69) is 29.2 Å². The second kappa shape index (κ2) is 7.96. The van der Waals surface area contributed by atoms with Gasteiger partial charge in [0.15, 0.2) is 0 Å². The van der Waals surface area contributed by atoms with Gasteiger partial charge in [0.05, 0.1) is 7.11 Å². The first-order valence-corrected chi connectivity index (χ1v) is 7.59. The lowest BCUT2D eigenvalue weighted by atomic mass is 9.95. The fourth-order valence-electron chi connectivity index (χ4n) is 2.81. The molecule has 0 spiro atoms. The number of hydrogen-bond acceptors (Lipinski definition) is 5. The van der Waals surface area contributed by atoms with Crippen LogP contribution in [0.1, 0.15) is 32.6 Å². The third-order valence-corrected chi connectivity index (χ3v) is 4.57. The first kappa shape index (κ1) is 17.4. The van der Waals surface area contributed by atoms with Crippen molar-refractivity contribution in [2.45, 2.75) is 44.2 Å². The monoisotopic (exact) mass is 285 g/mol. The molecule has 1 saturated heterocycles. The first-order valence-electron chi connectivity index (χ1n) is 7.59. The molecule has 0 bridgehead atoms. The molecule has 1 fully saturated rings. The zero-order valence-electron chi connectivity index (χ0n) is 13.7. The number of unbranched alkanes of at least 4 members (excludes halogenated alkanes) is 1. The number of hydrogen-bond donors (Lipinski definition) is 1. The van der Waals surface area contributed by atoms with E-state index in [1.54, 1.807) is 0 Å². The topological polar surface area (TPSA) is 44.8 Å².